The van der Waals surface area contributed by atoms with Gasteiger partial charge in [0.15, 0.2) is 23.4 Å². The number of benzene rings is 2. The molecule has 0 amide bonds. The molecule has 4 aromatic rings. The van der Waals surface area contributed by atoms with E-state index in [1.807, 2.05) is 54.6 Å². The minimum Gasteiger partial charge on any atom is -0.479 e. The van der Waals surface area contributed by atoms with Gasteiger partial charge in [0.25, 0.3) is 0 Å². The van der Waals surface area contributed by atoms with Gasteiger partial charge in [0.1, 0.15) is 0 Å². The van der Waals surface area contributed by atoms with E-state index in [0.29, 0.717) is 10.9 Å². The number of aliphatic hydroxyl groups excluding tert-OH is 1. The number of nitrogens with zero attached hydrogens (tertiary/aromatic N) is 2. The average Bonchev–Trinajstić information content (AvgIpc) is 3.43. The molecule has 146 valence electrons. The van der Waals surface area contributed by atoms with E-state index < -0.39 is 12.1 Å². The SMILES string of the molecule is O=C(O)C(O)CNc1nc(-c2ccc(-c3cnco3)cc2)c(-c2ccccc2)s1. The molecule has 0 aliphatic heterocycles. The summed E-state index contributed by atoms with van der Waals surface area (Å²) in [7, 11) is 0. The fourth-order valence-electron chi connectivity index (χ4n) is 2.80. The second kappa shape index (κ2) is 8.26. The zero-order valence-corrected chi connectivity index (χ0v) is 16.0. The number of carboxylic acids is 1. The van der Waals surface area contributed by atoms with Crippen molar-refractivity contribution in [2.45, 2.75) is 6.10 Å². The summed E-state index contributed by atoms with van der Waals surface area (Å²) in [4.78, 5) is 20.4. The molecule has 0 spiro atoms. The van der Waals surface area contributed by atoms with E-state index in [2.05, 4.69) is 15.3 Å². The van der Waals surface area contributed by atoms with E-state index in [4.69, 9.17) is 9.52 Å². The van der Waals surface area contributed by atoms with E-state index in [0.717, 1.165) is 27.3 Å². The molecule has 0 saturated heterocycles. The van der Waals surface area contributed by atoms with Crippen LogP contribution < -0.4 is 5.32 Å². The number of aliphatic hydroxyl groups is 1. The van der Waals surface area contributed by atoms with E-state index in [-0.39, 0.29) is 6.54 Å². The maximum atomic E-state index is 10.8. The van der Waals surface area contributed by atoms with Gasteiger partial charge in [-0.05, 0) is 5.56 Å². The predicted molar refractivity (Wildman–Crippen MR) is 111 cm³/mol. The molecule has 8 heteroatoms. The quantitative estimate of drug-likeness (QED) is 0.425. The van der Waals surface area contributed by atoms with Crippen LogP contribution in [0.5, 0.6) is 0 Å². The zero-order valence-electron chi connectivity index (χ0n) is 15.1. The topological polar surface area (TPSA) is 108 Å². The van der Waals surface area contributed by atoms with E-state index >= 15 is 0 Å². The van der Waals surface area contributed by atoms with Gasteiger partial charge in [0.2, 0.25) is 0 Å². The third-order valence-corrected chi connectivity index (χ3v) is 5.33. The Balaban J connectivity index is 1.68. The van der Waals surface area contributed by atoms with Crippen molar-refractivity contribution in [3.8, 4) is 33.0 Å². The number of oxazole rings is 1. The van der Waals surface area contributed by atoms with Gasteiger partial charge in [-0.2, -0.15) is 0 Å². The summed E-state index contributed by atoms with van der Waals surface area (Å²) >= 11 is 1.41. The zero-order chi connectivity index (χ0) is 20.2. The average molecular weight is 407 g/mol. The lowest BCUT2D eigenvalue weighted by Crippen LogP contribution is -2.28. The van der Waals surface area contributed by atoms with Gasteiger partial charge in [-0.15, -0.1) is 0 Å². The molecule has 1 atom stereocenters. The summed E-state index contributed by atoms with van der Waals surface area (Å²) in [5.74, 6) is -0.594. The molecule has 2 aromatic carbocycles. The number of aliphatic carboxylic acids is 1. The number of aromatic nitrogens is 2. The lowest BCUT2D eigenvalue weighted by atomic mass is 10.0. The lowest BCUT2D eigenvalue weighted by molar-refractivity contribution is -0.145. The Labute approximate surface area is 170 Å². The Morgan fingerprint density at radius 3 is 2.45 bits per heavy atom. The van der Waals surface area contributed by atoms with Gasteiger partial charge in [0, 0.05) is 11.1 Å². The highest BCUT2D eigenvalue weighted by Crippen LogP contribution is 2.39. The number of thiazole rings is 1. The number of anilines is 1. The summed E-state index contributed by atoms with van der Waals surface area (Å²) in [5, 5.41) is 21.8. The first kappa shape index (κ1) is 18.9. The highest BCUT2D eigenvalue weighted by atomic mass is 32.1. The van der Waals surface area contributed by atoms with Crippen molar-refractivity contribution in [2.24, 2.45) is 0 Å². The Morgan fingerprint density at radius 2 is 1.79 bits per heavy atom. The first-order valence-electron chi connectivity index (χ1n) is 8.82. The third-order valence-electron chi connectivity index (χ3n) is 4.27. The van der Waals surface area contributed by atoms with E-state index in [9.17, 15) is 9.90 Å². The van der Waals surface area contributed by atoms with Crippen molar-refractivity contribution in [1.82, 2.24) is 9.97 Å². The number of carboxylic acid groups (broad SMARTS) is 1. The highest BCUT2D eigenvalue weighted by Gasteiger charge is 2.18. The van der Waals surface area contributed by atoms with E-state index in [1.54, 1.807) is 6.20 Å². The molecule has 3 N–H and O–H groups in total. The minimum atomic E-state index is -1.50. The monoisotopic (exact) mass is 407 g/mol. The van der Waals surface area contributed by atoms with Gasteiger partial charge >= 0.3 is 5.97 Å². The molecule has 0 aliphatic carbocycles. The molecule has 0 radical (unpaired) electrons. The van der Waals surface area contributed by atoms with Gasteiger partial charge in [0.05, 0.1) is 23.3 Å². The van der Waals surface area contributed by atoms with Crippen LogP contribution in [0.4, 0.5) is 5.13 Å². The number of nitrogens with one attached hydrogen (secondary N) is 1. The van der Waals surface area contributed by atoms with Crippen LogP contribution in [0.15, 0.2) is 71.6 Å². The van der Waals surface area contributed by atoms with Gasteiger partial charge < -0.3 is 19.9 Å². The van der Waals surface area contributed by atoms with Crippen LogP contribution in [0.25, 0.3) is 33.0 Å². The van der Waals surface area contributed by atoms with Crippen LogP contribution in [-0.2, 0) is 4.79 Å². The summed E-state index contributed by atoms with van der Waals surface area (Å²) in [6.07, 6.45) is 1.55. The second-order valence-corrected chi connectivity index (χ2v) is 7.24. The molecule has 29 heavy (non-hydrogen) atoms. The lowest BCUT2D eigenvalue weighted by Gasteiger charge is -2.05. The molecular weight excluding hydrogens is 390 g/mol. The molecule has 1 unspecified atom stereocenters. The van der Waals surface area contributed by atoms with Crippen LogP contribution in [0.3, 0.4) is 0 Å². The maximum Gasteiger partial charge on any atom is 0.334 e. The van der Waals surface area contributed by atoms with Crippen LogP contribution >= 0.6 is 11.3 Å². The van der Waals surface area contributed by atoms with Crippen molar-refractivity contribution in [3.63, 3.8) is 0 Å². The molecule has 7 nitrogen and oxygen atoms in total. The second-order valence-electron chi connectivity index (χ2n) is 6.24. The Kier molecular flexibility index (Phi) is 5.37. The molecule has 4 rings (SSSR count). The fourth-order valence-corrected chi connectivity index (χ4v) is 3.80. The minimum absolute atomic E-state index is 0.124. The van der Waals surface area contributed by atoms with Gasteiger partial charge in [-0.1, -0.05) is 65.9 Å². The maximum absolute atomic E-state index is 10.8. The van der Waals surface area contributed by atoms with Crippen molar-refractivity contribution in [2.75, 3.05) is 11.9 Å². The van der Waals surface area contributed by atoms with Crippen molar-refractivity contribution < 1.29 is 19.4 Å². The predicted octanol–water partition coefficient (Wildman–Crippen LogP) is 3.99. The molecule has 2 aromatic heterocycles. The van der Waals surface area contributed by atoms with Crippen molar-refractivity contribution in [1.29, 1.82) is 0 Å². The van der Waals surface area contributed by atoms with Crippen LogP contribution in [0.1, 0.15) is 0 Å². The molecule has 0 saturated carbocycles. The normalized spacial score (nSPS) is 11.9. The van der Waals surface area contributed by atoms with Gasteiger partial charge in [-0.3, -0.25) is 0 Å². The first-order chi connectivity index (χ1) is 14.1. The Bertz CT molecular complexity index is 1090. The fraction of sp³-hybridized carbons (Fsp3) is 0.0952. The molecule has 2 heterocycles. The van der Waals surface area contributed by atoms with Crippen LogP contribution in [0, 0.1) is 0 Å². The smallest absolute Gasteiger partial charge is 0.334 e. The summed E-state index contributed by atoms with van der Waals surface area (Å²) in [5.41, 5.74) is 3.60. The largest absolute Gasteiger partial charge is 0.479 e. The highest BCUT2D eigenvalue weighted by molar-refractivity contribution is 7.19. The number of hydrogen-bond acceptors (Lipinski definition) is 7. The number of rotatable bonds is 7. The summed E-state index contributed by atoms with van der Waals surface area (Å²) in [6, 6.07) is 17.6. The van der Waals surface area contributed by atoms with Crippen molar-refractivity contribution in [3.05, 3.63) is 67.2 Å². The summed E-state index contributed by atoms with van der Waals surface area (Å²) < 4.78 is 5.33. The third kappa shape index (κ3) is 4.18. The Hall–Kier alpha value is -3.49. The number of carbonyl (C=O) groups is 1. The first-order valence-corrected chi connectivity index (χ1v) is 9.64. The van der Waals surface area contributed by atoms with Crippen molar-refractivity contribution >= 4 is 22.4 Å². The molecule has 0 aliphatic rings. The standard InChI is InChI=1S/C21H17N3O4S/c25-16(20(26)27)10-23-21-24-18(19(29-21)15-4-2-1-3-5-15)14-8-6-13(7-9-14)17-11-22-12-28-17/h1-9,11-12,16,25H,10H2,(H,23,24)(H,26,27). The van der Waals surface area contributed by atoms with Crippen LogP contribution in [0.2, 0.25) is 0 Å². The van der Waals surface area contributed by atoms with Gasteiger partial charge in [-0.25, -0.2) is 14.8 Å². The molecule has 0 fully saturated rings. The van der Waals surface area contributed by atoms with Crippen LogP contribution in [-0.4, -0.2) is 38.8 Å². The molecule has 0 bridgehead atoms. The molecular formula is C21H17N3O4S. The summed E-state index contributed by atoms with van der Waals surface area (Å²) in [6.45, 7) is -0.124. The number of hydrogen-bond donors (Lipinski definition) is 3. The Morgan fingerprint density at radius 1 is 1.07 bits per heavy atom. The van der Waals surface area contributed by atoms with E-state index in [1.165, 1.54) is 17.7 Å².